The number of hydrogen-bond donors (Lipinski definition) is 2. The van der Waals surface area contributed by atoms with Crippen LogP contribution in [-0.2, 0) is 18.9 Å². The first-order valence-corrected chi connectivity index (χ1v) is 6.57. The van der Waals surface area contributed by atoms with Crippen LogP contribution < -0.4 is 0 Å². The quantitative estimate of drug-likeness (QED) is 0.806. The third kappa shape index (κ3) is 2.46. The van der Waals surface area contributed by atoms with Crippen LogP contribution in [0.15, 0.2) is 30.3 Å². The molecule has 2 heterocycles. The summed E-state index contributed by atoms with van der Waals surface area (Å²) in [6.45, 7) is 0.272. The zero-order chi connectivity index (χ0) is 14.1. The van der Waals surface area contributed by atoms with E-state index in [2.05, 4.69) is 0 Å². The van der Waals surface area contributed by atoms with E-state index in [4.69, 9.17) is 18.9 Å². The van der Waals surface area contributed by atoms with Gasteiger partial charge < -0.3 is 29.2 Å². The van der Waals surface area contributed by atoms with Gasteiger partial charge in [0.1, 0.15) is 24.4 Å². The normalized spacial score (nSPS) is 41.1. The largest absolute Gasteiger partial charge is 0.387 e. The van der Waals surface area contributed by atoms with Gasteiger partial charge in [0.15, 0.2) is 12.6 Å². The molecule has 0 aliphatic carbocycles. The van der Waals surface area contributed by atoms with Gasteiger partial charge in [-0.05, 0) is 0 Å². The molecule has 6 nitrogen and oxygen atoms in total. The molecule has 2 N–H and O–H groups in total. The van der Waals surface area contributed by atoms with E-state index in [0.717, 1.165) is 5.56 Å². The van der Waals surface area contributed by atoms with E-state index < -0.39 is 37.0 Å². The second-order valence-corrected chi connectivity index (χ2v) is 4.94. The SMILES string of the molecule is CO[C@H]1O[C@@H]2CO[C@H](c3ccccc3)O[C@@H]2[C@H](O)[C@@H]1O. The molecule has 0 saturated carbocycles. The molecule has 1 aromatic carbocycles. The van der Waals surface area contributed by atoms with Gasteiger partial charge in [-0.25, -0.2) is 0 Å². The maximum absolute atomic E-state index is 10.1. The summed E-state index contributed by atoms with van der Waals surface area (Å²) in [7, 11) is 1.41. The van der Waals surface area contributed by atoms with Gasteiger partial charge in [-0.2, -0.15) is 0 Å². The summed E-state index contributed by atoms with van der Waals surface area (Å²) in [5.74, 6) is 0. The molecule has 0 aromatic heterocycles. The Balaban J connectivity index is 1.74. The molecule has 6 atom stereocenters. The van der Waals surface area contributed by atoms with Gasteiger partial charge in [0, 0.05) is 12.7 Å². The zero-order valence-electron chi connectivity index (χ0n) is 11.1. The van der Waals surface area contributed by atoms with Gasteiger partial charge in [0.2, 0.25) is 0 Å². The van der Waals surface area contributed by atoms with Crippen LogP contribution in [0.25, 0.3) is 0 Å². The third-order valence-electron chi connectivity index (χ3n) is 3.64. The Morgan fingerprint density at radius 1 is 1.10 bits per heavy atom. The van der Waals surface area contributed by atoms with Crippen molar-refractivity contribution in [3.8, 4) is 0 Å². The maximum Gasteiger partial charge on any atom is 0.186 e. The summed E-state index contributed by atoms with van der Waals surface area (Å²) >= 11 is 0. The summed E-state index contributed by atoms with van der Waals surface area (Å²) in [6.07, 6.45) is -4.76. The molecule has 1 aromatic rings. The van der Waals surface area contributed by atoms with Crippen LogP contribution in [0, 0.1) is 0 Å². The zero-order valence-corrected chi connectivity index (χ0v) is 11.1. The lowest BCUT2D eigenvalue weighted by Gasteiger charge is -2.45. The second kappa shape index (κ2) is 5.77. The number of methoxy groups -OCH3 is 1. The van der Waals surface area contributed by atoms with Crippen molar-refractivity contribution in [3.63, 3.8) is 0 Å². The van der Waals surface area contributed by atoms with Gasteiger partial charge in [0.25, 0.3) is 0 Å². The third-order valence-corrected chi connectivity index (χ3v) is 3.64. The van der Waals surface area contributed by atoms with Crippen LogP contribution in [0.1, 0.15) is 11.9 Å². The standard InChI is InChI=1S/C14H18O6/c1-17-14-11(16)10(15)12-9(19-14)7-18-13(20-12)8-5-3-2-4-6-8/h2-6,9-16H,7H2,1H3/t9-,10-,11+,12+,13+,14+/m1/s1. The number of rotatable bonds is 2. The van der Waals surface area contributed by atoms with E-state index in [9.17, 15) is 10.2 Å². The molecule has 0 unspecified atom stereocenters. The number of fused-ring (bicyclic) bond motifs is 1. The van der Waals surface area contributed by atoms with E-state index >= 15 is 0 Å². The van der Waals surface area contributed by atoms with E-state index in [1.807, 2.05) is 30.3 Å². The van der Waals surface area contributed by atoms with Crippen LogP contribution in [0.5, 0.6) is 0 Å². The second-order valence-electron chi connectivity index (χ2n) is 4.94. The molecular weight excluding hydrogens is 264 g/mol. The molecule has 2 saturated heterocycles. The summed E-state index contributed by atoms with van der Waals surface area (Å²) in [4.78, 5) is 0. The molecule has 2 fully saturated rings. The summed E-state index contributed by atoms with van der Waals surface area (Å²) in [6, 6.07) is 9.45. The van der Waals surface area contributed by atoms with Crippen molar-refractivity contribution in [2.24, 2.45) is 0 Å². The van der Waals surface area contributed by atoms with Crippen LogP contribution in [0.2, 0.25) is 0 Å². The van der Waals surface area contributed by atoms with Gasteiger partial charge in [-0.1, -0.05) is 30.3 Å². The van der Waals surface area contributed by atoms with Crippen molar-refractivity contribution in [2.45, 2.75) is 37.0 Å². The fourth-order valence-electron chi connectivity index (χ4n) is 2.55. The summed E-state index contributed by atoms with van der Waals surface area (Å²) < 4.78 is 21.9. The minimum Gasteiger partial charge on any atom is -0.387 e. The van der Waals surface area contributed by atoms with Gasteiger partial charge in [-0.15, -0.1) is 0 Å². The van der Waals surface area contributed by atoms with Gasteiger partial charge in [0.05, 0.1) is 6.61 Å². The average molecular weight is 282 g/mol. The van der Waals surface area contributed by atoms with Gasteiger partial charge in [-0.3, -0.25) is 0 Å². The monoisotopic (exact) mass is 282 g/mol. The van der Waals surface area contributed by atoms with Crippen LogP contribution in [-0.4, -0.2) is 54.6 Å². The Labute approximate surface area is 116 Å². The summed E-state index contributed by atoms with van der Waals surface area (Å²) in [5.41, 5.74) is 0.863. The van der Waals surface area contributed by atoms with Crippen molar-refractivity contribution in [1.29, 1.82) is 0 Å². The molecule has 6 heteroatoms. The van der Waals surface area contributed by atoms with Crippen molar-refractivity contribution in [1.82, 2.24) is 0 Å². The first-order chi connectivity index (χ1) is 9.70. The highest BCUT2D eigenvalue weighted by molar-refractivity contribution is 5.16. The highest BCUT2D eigenvalue weighted by Gasteiger charge is 2.48. The Bertz CT molecular complexity index is 437. The Kier molecular flexibility index (Phi) is 4.02. The highest BCUT2D eigenvalue weighted by Crippen LogP contribution is 2.33. The minimum atomic E-state index is -1.14. The van der Waals surface area contributed by atoms with E-state index in [-0.39, 0.29) is 6.61 Å². The molecule has 3 rings (SSSR count). The van der Waals surface area contributed by atoms with E-state index in [1.165, 1.54) is 7.11 Å². The lowest BCUT2D eigenvalue weighted by atomic mass is 9.98. The van der Waals surface area contributed by atoms with Crippen molar-refractivity contribution in [3.05, 3.63) is 35.9 Å². The first kappa shape index (κ1) is 13.9. The summed E-state index contributed by atoms with van der Waals surface area (Å²) in [5, 5.41) is 20.1. The Hall–Kier alpha value is -1.02. The van der Waals surface area contributed by atoms with Crippen LogP contribution in [0.3, 0.4) is 0 Å². The number of hydrogen-bond acceptors (Lipinski definition) is 6. The van der Waals surface area contributed by atoms with Gasteiger partial charge >= 0.3 is 0 Å². The minimum absolute atomic E-state index is 0.272. The molecule has 0 bridgehead atoms. The smallest absolute Gasteiger partial charge is 0.186 e. The molecular formula is C14H18O6. The molecule has 20 heavy (non-hydrogen) atoms. The Morgan fingerprint density at radius 2 is 1.85 bits per heavy atom. The lowest BCUT2D eigenvalue weighted by molar-refractivity contribution is -0.358. The van der Waals surface area contributed by atoms with E-state index in [1.54, 1.807) is 0 Å². The lowest BCUT2D eigenvalue weighted by Crippen LogP contribution is -2.62. The van der Waals surface area contributed by atoms with E-state index in [0.29, 0.717) is 0 Å². The molecule has 0 radical (unpaired) electrons. The predicted molar refractivity (Wildman–Crippen MR) is 67.7 cm³/mol. The molecule has 0 amide bonds. The van der Waals surface area contributed by atoms with Crippen LogP contribution in [0.4, 0.5) is 0 Å². The van der Waals surface area contributed by atoms with Crippen molar-refractivity contribution >= 4 is 0 Å². The van der Waals surface area contributed by atoms with Crippen molar-refractivity contribution in [2.75, 3.05) is 13.7 Å². The number of benzene rings is 1. The predicted octanol–water partition coefficient (Wildman–Crippen LogP) is 0.194. The fraction of sp³-hybridized carbons (Fsp3) is 0.571. The Morgan fingerprint density at radius 3 is 2.55 bits per heavy atom. The van der Waals surface area contributed by atoms with Crippen molar-refractivity contribution < 1.29 is 29.2 Å². The number of aliphatic hydroxyl groups excluding tert-OH is 2. The topological polar surface area (TPSA) is 77.4 Å². The first-order valence-electron chi connectivity index (χ1n) is 6.57. The molecule has 2 aliphatic rings. The average Bonchev–Trinajstić information content (AvgIpc) is 2.51. The molecule has 110 valence electrons. The fourth-order valence-corrected chi connectivity index (χ4v) is 2.55. The number of aliphatic hydroxyl groups is 2. The molecule has 2 aliphatic heterocycles. The maximum atomic E-state index is 10.1. The highest BCUT2D eigenvalue weighted by atomic mass is 16.7. The molecule has 0 spiro atoms. The van der Waals surface area contributed by atoms with Crippen LogP contribution >= 0.6 is 0 Å². The number of ether oxygens (including phenoxy) is 4.